The fourth-order valence-electron chi connectivity index (χ4n) is 2.38. The number of nitriles is 2. The smallest absolute Gasteiger partial charge is 0.238 e. The molecule has 2 rings (SSSR count). The second-order valence-electron chi connectivity index (χ2n) is 4.89. The Kier molecular flexibility index (Phi) is 4.70. The summed E-state index contributed by atoms with van der Waals surface area (Å²) in [6, 6.07) is 9.02. The molecule has 1 aromatic rings. The molecule has 0 aromatic heterocycles. The zero-order chi connectivity index (χ0) is 14.4. The Labute approximate surface area is 118 Å². The van der Waals surface area contributed by atoms with Gasteiger partial charge in [-0.05, 0) is 31.0 Å². The molecule has 1 amide bonds. The highest BCUT2D eigenvalue weighted by molar-refractivity contribution is 5.92. The fourth-order valence-corrected chi connectivity index (χ4v) is 2.38. The molecule has 0 heterocycles. The summed E-state index contributed by atoms with van der Waals surface area (Å²) in [6.07, 6.45) is 4.70. The molecule has 0 spiro atoms. The molecule has 0 unspecified atom stereocenters. The SMILES string of the molecule is N#Cc1ccc(NC(=O)CNC2CCCC2)cc1C#N. The van der Waals surface area contributed by atoms with Crippen LogP contribution in [-0.4, -0.2) is 18.5 Å². The summed E-state index contributed by atoms with van der Waals surface area (Å²) < 4.78 is 0. The minimum absolute atomic E-state index is 0.134. The minimum Gasteiger partial charge on any atom is -0.325 e. The summed E-state index contributed by atoms with van der Waals surface area (Å²) >= 11 is 0. The maximum Gasteiger partial charge on any atom is 0.238 e. The van der Waals surface area contributed by atoms with Gasteiger partial charge in [0.05, 0.1) is 17.7 Å². The first-order valence-corrected chi connectivity index (χ1v) is 6.70. The average molecular weight is 268 g/mol. The zero-order valence-corrected chi connectivity index (χ0v) is 11.1. The van der Waals surface area contributed by atoms with E-state index in [0.717, 1.165) is 12.8 Å². The molecule has 0 aliphatic heterocycles. The van der Waals surface area contributed by atoms with E-state index in [1.165, 1.54) is 18.9 Å². The molecule has 0 atom stereocenters. The Morgan fingerprint density at radius 1 is 1.20 bits per heavy atom. The lowest BCUT2D eigenvalue weighted by Crippen LogP contribution is -2.34. The van der Waals surface area contributed by atoms with Crippen molar-refractivity contribution in [3.63, 3.8) is 0 Å². The quantitative estimate of drug-likeness (QED) is 0.872. The Morgan fingerprint density at radius 2 is 1.90 bits per heavy atom. The van der Waals surface area contributed by atoms with Crippen LogP contribution in [0.15, 0.2) is 18.2 Å². The summed E-state index contributed by atoms with van der Waals surface area (Å²) in [6.45, 7) is 0.270. The molecule has 2 N–H and O–H groups in total. The van der Waals surface area contributed by atoms with Crippen molar-refractivity contribution < 1.29 is 4.79 Å². The van der Waals surface area contributed by atoms with E-state index in [1.54, 1.807) is 12.1 Å². The molecule has 1 aromatic carbocycles. The maximum atomic E-state index is 11.8. The van der Waals surface area contributed by atoms with E-state index in [9.17, 15) is 4.79 Å². The molecule has 1 aliphatic rings. The second kappa shape index (κ2) is 6.70. The first-order chi connectivity index (χ1) is 9.72. The number of hydrogen-bond donors (Lipinski definition) is 2. The van der Waals surface area contributed by atoms with Crippen LogP contribution in [0.5, 0.6) is 0 Å². The zero-order valence-electron chi connectivity index (χ0n) is 11.1. The van der Waals surface area contributed by atoms with Crippen molar-refractivity contribution in [1.82, 2.24) is 5.32 Å². The Hall–Kier alpha value is -2.37. The third-order valence-corrected chi connectivity index (χ3v) is 3.45. The standard InChI is InChI=1S/C15H16N4O/c16-8-11-5-6-14(7-12(11)9-17)19-15(20)10-18-13-3-1-2-4-13/h5-7,13,18H,1-4,10H2,(H,19,20). The minimum atomic E-state index is -0.134. The Morgan fingerprint density at radius 3 is 2.55 bits per heavy atom. The molecule has 5 heteroatoms. The number of amides is 1. The van der Waals surface area contributed by atoms with Gasteiger partial charge in [0.1, 0.15) is 12.1 Å². The number of hydrogen-bond acceptors (Lipinski definition) is 4. The molecule has 0 saturated heterocycles. The van der Waals surface area contributed by atoms with E-state index in [2.05, 4.69) is 10.6 Å². The van der Waals surface area contributed by atoms with Crippen LogP contribution in [0.4, 0.5) is 5.69 Å². The van der Waals surface area contributed by atoms with Crippen LogP contribution in [0, 0.1) is 22.7 Å². The van der Waals surface area contributed by atoms with E-state index in [1.807, 2.05) is 12.1 Å². The highest BCUT2D eigenvalue weighted by atomic mass is 16.1. The Balaban J connectivity index is 1.91. The maximum absolute atomic E-state index is 11.8. The fraction of sp³-hybridized carbons (Fsp3) is 0.400. The lowest BCUT2D eigenvalue weighted by molar-refractivity contribution is -0.115. The van der Waals surface area contributed by atoms with E-state index < -0.39 is 0 Å². The second-order valence-corrected chi connectivity index (χ2v) is 4.89. The molecule has 1 saturated carbocycles. The number of nitrogens with zero attached hydrogens (tertiary/aromatic N) is 2. The van der Waals surface area contributed by atoms with Gasteiger partial charge in [-0.1, -0.05) is 12.8 Å². The van der Waals surface area contributed by atoms with Gasteiger partial charge < -0.3 is 10.6 Å². The van der Waals surface area contributed by atoms with Gasteiger partial charge in [0.15, 0.2) is 0 Å². The number of carbonyl (C=O) groups is 1. The number of anilines is 1. The molecular weight excluding hydrogens is 252 g/mol. The van der Waals surface area contributed by atoms with Crippen LogP contribution < -0.4 is 10.6 Å². The van der Waals surface area contributed by atoms with Gasteiger partial charge >= 0.3 is 0 Å². The number of benzene rings is 1. The van der Waals surface area contributed by atoms with Crippen molar-refractivity contribution in [1.29, 1.82) is 10.5 Å². The van der Waals surface area contributed by atoms with Crippen molar-refractivity contribution in [3.8, 4) is 12.1 Å². The summed E-state index contributed by atoms with van der Waals surface area (Å²) in [5.74, 6) is -0.134. The number of nitrogens with one attached hydrogen (secondary N) is 2. The summed E-state index contributed by atoms with van der Waals surface area (Å²) in [5, 5.41) is 23.7. The van der Waals surface area contributed by atoms with Crippen LogP contribution in [0.3, 0.4) is 0 Å². The van der Waals surface area contributed by atoms with Crippen molar-refractivity contribution in [2.75, 3.05) is 11.9 Å². The van der Waals surface area contributed by atoms with Gasteiger partial charge in [-0.3, -0.25) is 4.79 Å². The van der Waals surface area contributed by atoms with Gasteiger partial charge in [0.2, 0.25) is 5.91 Å². The third-order valence-electron chi connectivity index (χ3n) is 3.45. The van der Waals surface area contributed by atoms with E-state index in [4.69, 9.17) is 10.5 Å². The first-order valence-electron chi connectivity index (χ1n) is 6.70. The van der Waals surface area contributed by atoms with Crippen molar-refractivity contribution in [2.45, 2.75) is 31.7 Å². The largest absolute Gasteiger partial charge is 0.325 e. The van der Waals surface area contributed by atoms with Crippen LogP contribution in [0.2, 0.25) is 0 Å². The van der Waals surface area contributed by atoms with Crippen molar-refractivity contribution in [2.24, 2.45) is 0 Å². The molecule has 1 fully saturated rings. The summed E-state index contributed by atoms with van der Waals surface area (Å²) in [7, 11) is 0. The molecule has 1 aliphatic carbocycles. The lowest BCUT2D eigenvalue weighted by Gasteiger charge is -2.12. The molecule has 102 valence electrons. The van der Waals surface area contributed by atoms with Gasteiger partial charge in [-0.25, -0.2) is 0 Å². The van der Waals surface area contributed by atoms with E-state index >= 15 is 0 Å². The highest BCUT2D eigenvalue weighted by Gasteiger charge is 2.15. The van der Waals surface area contributed by atoms with Crippen LogP contribution >= 0.6 is 0 Å². The van der Waals surface area contributed by atoms with Crippen LogP contribution in [-0.2, 0) is 4.79 Å². The molecule has 20 heavy (non-hydrogen) atoms. The first kappa shape index (κ1) is 14.0. The van der Waals surface area contributed by atoms with Crippen LogP contribution in [0.25, 0.3) is 0 Å². The monoisotopic (exact) mass is 268 g/mol. The van der Waals surface area contributed by atoms with E-state index in [-0.39, 0.29) is 18.0 Å². The summed E-state index contributed by atoms with van der Waals surface area (Å²) in [5.41, 5.74) is 1.13. The average Bonchev–Trinajstić information content (AvgIpc) is 2.98. The van der Waals surface area contributed by atoms with Crippen molar-refractivity contribution >= 4 is 11.6 Å². The predicted octanol–water partition coefficient (Wildman–Crippen LogP) is 1.90. The molecule has 5 nitrogen and oxygen atoms in total. The van der Waals surface area contributed by atoms with Gasteiger partial charge in [-0.15, -0.1) is 0 Å². The lowest BCUT2D eigenvalue weighted by atomic mass is 10.1. The summed E-state index contributed by atoms with van der Waals surface area (Å²) in [4.78, 5) is 11.8. The highest BCUT2D eigenvalue weighted by Crippen LogP contribution is 2.17. The van der Waals surface area contributed by atoms with Crippen molar-refractivity contribution in [3.05, 3.63) is 29.3 Å². The van der Waals surface area contributed by atoms with Gasteiger partial charge in [-0.2, -0.15) is 10.5 Å². The van der Waals surface area contributed by atoms with Gasteiger partial charge in [0, 0.05) is 11.7 Å². The number of rotatable bonds is 4. The molecular formula is C15H16N4O. The molecule has 0 bridgehead atoms. The third kappa shape index (κ3) is 3.57. The Bertz CT molecular complexity index is 577. The molecule has 0 radical (unpaired) electrons. The van der Waals surface area contributed by atoms with Crippen LogP contribution in [0.1, 0.15) is 36.8 Å². The van der Waals surface area contributed by atoms with E-state index in [0.29, 0.717) is 17.3 Å². The normalized spacial score (nSPS) is 14.5. The van der Waals surface area contributed by atoms with Gasteiger partial charge in [0.25, 0.3) is 0 Å². The predicted molar refractivity (Wildman–Crippen MR) is 74.8 cm³/mol. The topological polar surface area (TPSA) is 88.7 Å². The number of carbonyl (C=O) groups excluding carboxylic acids is 1.